The predicted molar refractivity (Wildman–Crippen MR) is 76.7 cm³/mol. The summed E-state index contributed by atoms with van der Waals surface area (Å²) < 4.78 is 23.7. The molecule has 0 aliphatic rings. The zero-order chi connectivity index (χ0) is 13.4. The van der Waals surface area contributed by atoms with E-state index in [9.17, 15) is 8.76 Å². The smallest absolute Gasteiger partial charge is 0.153 e. The summed E-state index contributed by atoms with van der Waals surface area (Å²) in [4.78, 5) is 0. The van der Waals surface area contributed by atoms with E-state index >= 15 is 0 Å². The van der Waals surface area contributed by atoms with Gasteiger partial charge in [-0.2, -0.15) is 0 Å². The highest BCUT2D eigenvalue weighted by Crippen LogP contribution is 2.26. The van der Waals surface area contributed by atoms with E-state index in [1.54, 1.807) is 0 Å². The molecule has 0 aromatic heterocycles. The molecule has 18 heavy (non-hydrogen) atoms. The summed E-state index contributed by atoms with van der Waals surface area (Å²) in [5.41, 5.74) is 0.882. The molecule has 3 nitrogen and oxygen atoms in total. The first-order valence-corrected chi connectivity index (χ1v) is 7.73. The lowest BCUT2D eigenvalue weighted by molar-refractivity contribution is 0.369. The maximum absolute atomic E-state index is 11.8. The molecule has 0 heterocycles. The molecule has 0 saturated carbocycles. The van der Waals surface area contributed by atoms with Gasteiger partial charge in [0.15, 0.2) is 11.3 Å². The second-order valence-corrected chi connectivity index (χ2v) is 5.73. The topological polar surface area (TPSA) is 40.1 Å². The van der Waals surface area contributed by atoms with E-state index < -0.39 is 11.3 Å². The van der Waals surface area contributed by atoms with Crippen molar-refractivity contribution >= 4 is 17.0 Å². The minimum atomic E-state index is -2.13. The minimum absolute atomic E-state index is 0.0719. The molecule has 1 aromatic rings. The van der Waals surface area contributed by atoms with Crippen LogP contribution in [0.3, 0.4) is 0 Å². The lowest BCUT2D eigenvalue weighted by atomic mass is 10.2. The number of benzene rings is 1. The van der Waals surface area contributed by atoms with Crippen LogP contribution in [0.2, 0.25) is 0 Å². The van der Waals surface area contributed by atoms with Crippen LogP contribution >= 0.6 is 0 Å². The Morgan fingerprint density at radius 2 is 1.56 bits per heavy atom. The Bertz CT molecular complexity index is 359. The molecule has 0 bridgehead atoms. The molecular formula is C14H23NO2S. The van der Waals surface area contributed by atoms with E-state index in [1.165, 1.54) is 0 Å². The number of nitrogens with zero attached hydrogens (tertiary/aromatic N) is 1. The molecule has 0 radical (unpaired) electrons. The maximum atomic E-state index is 11.8. The first kappa shape index (κ1) is 15.3. The number of quaternary nitrogens is 1. The molecule has 0 amide bonds. The summed E-state index contributed by atoms with van der Waals surface area (Å²) in [5, 5.41) is 0. The lowest BCUT2D eigenvalue weighted by Gasteiger charge is -2.38. The largest absolute Gasteiger partial charge is 0.724 e. The minimum Gasteiger partial charge on any atom is -0.724 e. The van der Waals surface area contributed by atoms with Gasteiger partial charge in [0.1, 0.15) is 5.69 Å². The van der Waals surface area contributed by atoms with Crippen molar-refractivity contribution in [1.29, 1.82) is 0 Å². The van der Waals surface area contributed by atoms with Crippen molar-refractivity contribution < 1.29 is 8.76 Å². The fourth-order valence-corrected chi connectivity index (χ4v) is 2.98. The fraction of sp³-hybridized carbons (Fsp3) is 0.571. The van der Waals surface area contributed by atoms with Gasteiger partial charge >= 0.3 is 0 Å². The van der Waals surface area contributed by atoms with Gasteiger partial charge < -0.3 is 4.55 Å². The van der Waals surface area contributed by atoms with Crippen LogP contribution in [0.4, 0.5) is 5.69 Å². The van der Waals surface area contributed by atoms with Gasteiger partial charge in [0.25, 0.3) is 0 Å². The molecule has 0 aliphatic carbocycles. The Kier molecular flexibility index (Phi) is 6.54. The lowest BCUT2D eigenvalue weighted by Crippen LogP contribution is -2.51. The van der Waals surface area contributed by atoms with E-state index in [0.717, 1.165) is 31.4 Å². The van der Waals surface area contributed by atoms with Crippen molar-refractivity contribution in [2.45, 2.75) is 39.5 Å². The van der Waals surface area contributed by atoms with Crippen LogP contribution in [0.25, 0.3) is 0 Å². The van der Waals surface area contributed by atoms with Gasteiger partial charge in [0, 0.05) is 12.1 Å². The van der Waals surface area contributed by atoms with Gasteiger partial charge in [-0.05, 0) is 12.8 Å². The monoisotopic (exact) mass is 269 g/mol. The normalized spacial score (nSPS) is 13.5. The molecule has 0 N–H and O–H groups in total. The quantitative estimate of drug-likeness (QED) is 0.536. The SMILES string of the molecule is CCCC[N+](CCCC)(c1ccccc1)S(=O)[O-]. The van der Waals surface area contributed by atoms with E-state index in [2.05, 4.69) is 13.8 Å². The molecule has 0 spiro atoms. The average molecular weight is 269 g/mol. The number of hydrogen-bond acceptors (Lipinski definition) is 2. The van der Waals surface area contributed by atoms with E-state index in [1.807, 2.05) is 30.3 Å². The van der Waals surface area contributed by atoms with Crippen molar-refractivity contribution in [1.82, 2.24) is 3.89 Å². The zero-order valence-corrected chi connectivity index (χ0v) is 12.1. The first-order valence-electron chi connectivity index (χ1n) is 6.70. The second kappa shape index (κ2) is 7.67. The summed E-state index contributed by atoms with van der Waals surface area (Å²) in [6.45, 7) is 5.51. The van der Waals surface area contributed by atoms with Gasteiger partial charge in [-0.25, -0.2) is 8.10 Å². The van der Waals surface area contributed by atoms with Crippen LogP contribution in [-0.2, 0) is 11.3 Å². The van der Waals surface area contributed by atoms with E-state index in [4.69, 9.17) is 0 Å². The Morgan fingerprint density at radius 3 is 1.94 bits per heavy atom. The van der Waals surface area contributed by atoms with Gasteiger partial charge in [0.2, 0.25) is 0 Å². The Balaban J connectivity index is 3.07. The third-order valence-corrected chi connectivity index (χ3v) is 4.40. The molecule has 0 fully saturated rings. The van der Waals surface area contributed by atoms with E-state index in [-0.39, 0.29) is 3.89 Å². The van der Waals surface area contributed by atoms with Gasteiger partial charge in [-0.15, -0.1) is 0 Å². The van der Waals surface area contributed by atoms with Gasteiger partial charge in [0.05, 0.1) is 13.1 Å². The van der Waals surface area contributed by atoms with Crippen molar-refractivity contribution in [2.24, 2.45) is 0 Å². The van der Waals surface area contributed by atoms with Gasteiger partial charge in [-0.1, -0.05) is 44.9 Å². The molecule has 1 unspecified atom stereocenters. The number of hydrogen-bond donors (Lipinski definition) is 0. The highest BCUT2D eigenvalue weighted by molar-refractivity contribution is 7.78. The molecule has 1 rings (SSSR count). The van der Waals surface area contributed by atoms with Crippen molar-refractivity contribution in [2.75, 3.05) is 13.1 Å². The number of para-hydroxylation sites is 1. The van der Waals surface area contributed by atoms with Gasteiger partial charge in [-0.3, -0.25) is 0 Å². The molecule has 102 valence electrons. The van der Waals surface area contributed by atoms with Crippen LogP contribution < -0.4 is 3.89 Å². The predicted octanol–water partition coefficient (Wildman–Crippen LogP) is 3.39. The van der Waals surface area contributed by atoms with Crippen LogP contribution in [0.1, 0.15) is 39.5 Å². The summed E-state index contributed by atoms with van der Waals surface area (Å²) in [6, 6.07) is 9.58. The number of rotatable bonds is 8. The summed E-state index contributed by atoms with van der Waals surface area (Å²) in [6.07, 6.45) is 3.87. The third kappa shape index (κ3) is 3.64. The molecule has 1 atom stereocenters. The third-order valence-electron chi connectivity index (χ3n) is 3.26. The highest BCUT2D eigenvalue weighted by atomic mass is 32.2. The van der Waals surface area contributed by atoms with Crippen LogP contribution in [0.5, 0.6) is 0 Å². The number of unbranched alkanes of at least 4 members (excludes halogenated alkanes) is 2. The van der Waals surface area contributed by atoms with Crippen LogP contribution in [-0.4, -0.2) is 21.9 Å². The maximum Gasteiger partial charge on any atom is 0.153 e. The molecule has 4 heteroatoms. The molecular weight excluding hydrogens is 246 g/mol. The highest BCUT2D eigenvalue weighted by Gasteiger charge is 2.31. The average Bonchev–Trinajstić information content (AvgIpc) is 2.40. The fourth-order valence-electron chi connectivity index (χ4n) is 2.13. The summed E-state index contributed by atoms with van der Waals surface area (Å²) in [7, 11) is 0. The van der Waals surface area contributed by atoms with E-state index in [0.29, 0.717) is 13.1 Å². The zero-order valence-electron chi connectivity index (χ0n) is 11.3. The summed E-state index contributed by atoms with van der Waals surface area (Å²) >= 11 is -2.13. The summed E-state index contributed by atoms with van der Waals surface area (Å²) in [5.74, 6) is 0. The molecule has 0 aliphatic heterocycles. The second-order valence-electron chi connectivity index (χ2n) is 4.60. The van der Waals surface area contributed by atoms with Crippen molar-refractivity contribution in [3.05, 3.63) is 30.3 Å². The van der Waals surface area contributed by atoms with Crippen LogP contribution in [0, 0.1) is 0 Å². The Hall–Kier alpha value is -0.710. The molecule has 1 aromatic carbocycles. The first-order chi connectivity index (χ1) is 8.67. The standard InChI is InChI=1S/C14H23NO2S/c1-3-5-12-15(18(16)17,13-6-4-2)14-10-8-7-9-11-14/h7-11H,3-6,12-13H2,1-2H3. The van der Waals surface area contributed by atoms with Crippen LogP contribution in [0.15, 0.2) is 30.3 Å². The Labute approximate surface area is 113 Å². The Morgan fingerprint density at radius 1 is 1.06 bits per heavy atom. The van der Waals surface area contributed by atoms with Crippen molar-refractivity contribution in [3.63, 3.8) is 0 Å². The van der Waals surface area contributed by atoms with Crippen molar-refractivity contribution in [3.8, 4) is 0 Å². The molecule has 0 saturated heterocycles.